The van der Waals surface area contributed by atoms with E-state index >= 15 is 0 Å². The predicted molar refractivity (Wildman–Crippen MR) is 69.0 cm³/mol. The van der Waals surface area contributed by atoms with Crippen LogP contribution >= 0.6 is 0 Å². The lowest BCUT2D eigenvalue weighted by Gasteiger charge is -2.09. The Bertz CT molecular complexity index is 659. The Labute approximate surface area is 122 Å². The zero-order valence-corrected chi connectivity index (χ0v) is 11.0. The van der Waals surface area contributed by atoms with Crippen molar-refractivity contribution in [2.75, 3.05) is 0 Å². The molecule has 0 aliphatic carbocycles. The van der Waals surface area contributed by atoms with Crippen molar-refractivity contribution in [1.29, 1.82) is 0 Å². The van der Waals surface area contributed by atoms with Crippen LogP contribution in [0.5, 0.6) is 0 Å². The summed E-state index contributed by atoms with van der Waals surface area (Å²) in [5.41, 5.74) is -0.572. The minimum atomic E-state index is -4.43. The summed E-state index contributed by atoms with van der Waals surface area (Å²) in [5, 5.41) is 2.37. The van der Waals surface area contributed by atoms with Crippen LogP contribution in [0.1, 0.15) is 21.5 Å². The fraction of sp³-hybridized carbons (Fsp3) is 0.133. The van der Waals surface area contributed by atoms with E-state index in [0.29, 0.717) is 11.6 Å². The van der Waals surface area contributed by atoms with Crippen molar-refractivity contribution in [2.24, 2.45) is 0 Å². The first-order valence-electron chi connectivity index (χ1n) is 6.16. The first-order chi connectivity index (χ1) is 10.3. The second kappa shape index (κ2) is 6.13. The summed E-state index contributed by atoms with van der Waals surface area (Å²) in [6.45, 7) is -0.0604. The van der Waals surface area contributed by atoms with Crippen molar-refractivity contribution in [3.05, 3.63) is 70.8 Å². The average Bonchev–Trinajstić information content (AvgIpc) is 2.43. The van der Waals surface area contributed by atoms with Crippen molar-refractivity contribution in [1.82, 2.24) is 5.32 Å². The number of alkyl halides is 3. The zero-order chi connectivity index (χ0) is 16.3. The molecule has 0 bridgehead atoms. The molecule has 2 aromatic carbocycles. The molecule has 1 N–H and O–H groups in total. The molecule has 116 valence electrons. The van der Waals surface area contributed by atoms with Crippen LogP contribution in [0.2, 0.25) is 0 Å². The van der Waals surface area contributed by atoms with Gasteiger partial charge in [0, 0.05) is 18.2 Å². The van der Waals surface area contributed by atoms with Crippen molar-refractivity contribution in [3.8, 4) is 0 Å². The number of hydrogen-bond donors (Lipinski definition) is 1. The van der Waals surface area contributed by atoms with Gasteiger partial charge in [-0.05, 0) is 29.8 Å². The third kappa shape index (κ3) is 4.03. The molecule has 0 aliphatic heterocycles. The van der Waals surface area contributed by atoms with Gasteiger partial charge in [-0.3, -0.25) is 4.79 Å². The van der Waals surface area contributed by atoms with Crippen LogP contribution in [0.15, 0.2) is 42.5 Å². The predicted octanol–water partition coefficient (Wildman–Crippen LogP) is 3.91. The number of nitrogens with one attached hydrogen (secondary N) is 1. The maximum Gasteiger partial charge on any atom is 0.416 e. The van der Waals surface area contributed by atoms with Crippen LogP contribution in [-0.2, 0) is 12.7 Å². The molecule has 0 aromatic heterocycles. The third-order valence-corrected chi connectivity index (χ3v) is 2.86. The highest BCUT2D eigenvalue weighted by molar-refractivity contribution is 5.94. The summed E-state index contributed by atoms with van der Waals surface area (Å²) in [6, 6.07) is 6.58. The first kappa shape index (κ1) is 15.9. The SMILES string of the molecule is O=C(NCc1ccc(C(F)(F)F)cc1)c1cc(F)cc(F)c1. The largest absolute Gasteiger partial charge is 0.416 e. The molecule has 0 saturated carbocycles. The van der Waals surface area contributed by atoms with E-state index in [1.54, 1.807) is 0 Å². The molecule has 22 heavy (non-hydrogen) atoms. The van der Waals surface area contributed by atoms with Gasteiger partial charge in [0.25, 0.3) is 5.91 Å². The van der Waals surface area contributed by atoms with E-state index in [-0.39, 0.29) is 12.1 Å². The van der Waals surface area contributed by atoms with Crippen LogP contribution in [-0.4, -0.2) is 5.91 Å². The number of carbonyl (C=O) groups excluding carboxylic acids is 1. The van der Waals surface area contributed by atoms with Crippen molar-refractivity contribution < 1.29 is 26.7 Å². The van der Waals surface area contributed by atoms with E-state index in [1.807, 2.05) is 0 Å². The molecule has 7 heteroatoms. The molecule has 2 rings (SSSR count). The highest BCUT2D eigenvalue weighted by Gasteiger charge is 2.29. The van der Waals surface area contributed by atoms with Gasteiger partial charge in [0.05, 0.1) is 5.56 Å². The standard InChI is InChI=1S/C15H10F5NO/c16-12-5-10(6-13(17)7-12)14(22)21-8-9-1-3-11(4-2-9)15(18,19)20/h1-7H,8H2,(H,21,22). The molecule has 1 amide bonds. The van der Waals surface area contributed by atoms with Crippen molar-refractivity contribution in [2.45, 2.75) is 12.7 Å². The fourth-order valence-electron chi connectivity index (χ4n) is 1.78. The number of halogens is 5. The van der Waals surface area contributed by atoms with Gasteiger partial charge in [-0.2, -0.15) is 13.2 Å². The lowest BCUT2D eigenvalue weighted by Crippen LogP contribution is -2.23. The highest BCUT2D eigenvalue weighted by atomic mass is 19.4. The molecule has 0 atom stereocenters. The summed E-state index contributed by atoms with van der Waals surface area (Å²) in [5.74, 6) is -2.50. The minimum Gasteiger partial charge on any atom is -0.348 e. The minimum absolute atomic E-state index is 0.0604. The molecular formula is C15H10F5NO. The Morgan fingerprint density at radius 1 is 0.955 bits per heavy atom. The van der Waals surface area contributed by atoms with Crippen LogP contribution in [0.25, 0.3) is 0 Å². The third-order valence-electron chi connectivity index (χ3n) is 2.86. The van der Waals surface area contributed by atoms with Crippen LogP contribution in [0.3, 0.4) is 0 Å². The van der Waals surface area contributed by atoms with Gasteiger partial charge in [0.2, 0.25) is 0 Å². The topological polar surface area (TPSA) is 29.1 Å². The highest BCUT2D eigenvalue weighted by Crippen LogP contribution is 2.29. The van der Waals surface area contributed by atoms with Gasteiger partial charge < -0.3 is 5.32 Å². The maximum atomic E-state index is 13.0. The lowest BCUT2D eigenvalue weighted by atomic mass is 10.1. The normalized spacial score (nSPS) is 11.3. The Hall–Kier alpha value is -2.44. The molecule has 0 heterocycles. The van der Waals surface area contributed by atoms with E-state index < -0.39 is 29.3 Å². The number of hydrogen-bond acceptors (Lipinski definition) is 1. The summed E-state index contributed by atoms with van der Waals surface area (Å²) in [4.78, 5) is 11.7. The average molecular weight is 315 g/mol. The molecule has 2 aromatic rings. The lowest BCUT2D eigenvalue weighted by molar-refractivity contribution is -0.137. The van der Waals surface area contributed by atoms with Crippen molar-refractivity contribution >= 4 is 5.91 Å². The van der Waals surface area contributed by atoms with E-state index in [4.69, 9.17) is 0 Å². The zero-order valence-electron chi connectivity index (χ0n) is 11.0. The Balaban J connectivity index is 2.02. The Morgan fingerprint density at radius 3 is 2.00 bits per heavy atom. The Morgan fingerprint density at radius 2 is 1.50 bits per heavy atom. The van der Waals surface area contributed by atoms with E-state index in [0.717, 1.165) is 24.3 Å². The van der Waals surface area contributed by atoms with Gasteiger partial charge in [-0.1, -0.05) is 12.1 Å². The van der Waals surface area contributed by atoms with Crippen LogP contribution in [0.4, 0.5) is 22.0 Å². The Kier molecular flexibility index (Phi) is 4.44. The molecule has 0 radical (unpaired) electrons. The monoisotopic (exact) mass is 315 g/mol. The van der Waals surface area contributed by atoms with Crippen LogP contribution < -0.4 is 5.32 Å². The number of rotatable bonds is 3. The molecule has 0 spiro atoms. The summed E-state index contributed by atoms with van der Waals surface area (Å²) in [6.07, 6.45) is -4.43. The molecule has 0 aliphatic rings. The van der Waals surface area contributed by atoms with Gasteiger partial charge in [-0.15, -0.1) is 0 Å². The van der Waals surface area contributed by atoms with E-state index in [1.165, 1.54) is 12.1 Å². The molecule has 0 fully saturated rings. The van der Waals surface area contributed by atoms with Gasteiger partial charge in [0.15, 0.2) is 0 Å². The van der Waals surface area contributed by atoms with E-state index in [9.17, 15) is 26.7 Å². The first-order valence-corrected chi connectivity index (χ1v) is 6.16. The fourth-order valence-corrected chi connectivity index (χ4v) is 1.78. The number of carbonyl (C=O) groups is 1. The summed E-state index contributed by atoms with van der Waals surface area (Å²) < 4.78 is 63.1. The maximum absolute atomic E-state index is 13.0. The van der Waals surface area contributed by atoms with Crippen molar-refractivity contribution in [3.63, 3.8) is 0 Å². The molecule has 0 saturated heterocycles. The number of benzene rings is 2. The van der Waals surface area contributed by atoms with Gasteiger partial charge >= 0.3 is 6.18 Å². The molecule has 2 nitrogen and oxygen atoms in total. The second-order valence-corrected chi connectivity index (χ2v) is 4.54. The van der Waals surface area contributed by atoms with Gasteiger partial charge in [0.1, 0.15) is 11.6 Å². The smallest absolute Gasteiger partial charge is 0.348 e. The summed E-state index contributed by atoms with van der Waals surface area (Å²) in [7, 11) is 0. The number of amides is 1. The molecule has 0 unspecified atom stereocenters. The second-order valence-electron chi connectivity index (χ2n) is 4.54. The van der Waals surface area contributed by atoms with E-state index in [2.05, 4.69) is 5.32 Å². The van der Waals surface area contributed by atoms with Gasteiger partial charge in [-0.25, -0.2) is 8.78 Å². The summed E-state index contributed by atoms with van der Waals surface area (Å²) >= 11 is 0. The van der Waals surface area contributed by atoms with Crippen LogP contribution in [0, 0.1) is 11.6 Å². The molecular weight excluding hydrogens is 305 g/mol. The quantitative estimate of drug-likeness (QED) is 0.855.